The number of hydrogen-bond donors (Lipinski definition) is 1. The minimum absolute atomic E-state index is 0.397. The molecule has 1 unspecified atom stereocenters. The number of aryl methyl sites for hydroxylation is 1. The van der Waals surface area contributed by atoms with E-state index < -0.39 is 0 Å². The molecule has 1 N–H and O–H groups in total. The second-order valence-corrected chi connectivity index (χ2v) is 5.45. The molecule has 0 spiro atoms. The van der Waals surface area contributed by atoms with E-state index in [2.05, 4.69) is 58.4 Å². The molecular weight excluding hydrogens is 290 g/mol. The largest absolute Gasteiger partial charge is 0.308 e. The normalized spacial score (nSPS) is 12.6. The summed E-state index contributed by atoms with van der Waals surface area (Å²) in [6, 6.07) is 8.80. The van der Waals surface area contributed by atoms with Crippen molar-refractivity contribution in [3.63, 3.8) is 0 Å². The van der Waals surface area contributed by atoms with Crippen LogP contribution in [0.2, 0.25) is 0 Å². The first-order chi connectivity index (χ1) is 8.65. The Morgan fingerprint density at radius 2 is 2.28 bits per heavy atom. The van der Waals surface area contributed by atoms with Gasteiger partial charge in [-0.15, -0.1) is 0 Å². The minimum Gasteiger partial charge on any atom is -0.308 e. The summed E-state index contributed by atoms with van der Waals surface area (Å²) < 4.78 is 3.11. The highest BCUT2D eigenvalue weighted by Crippen LogP contribution is 2.16. The molecule has 96 valence electrons. The lowest BCUT2D eigenvalue weighted by Gasteiger charge is -2.14. The van der Waals surface area contributed by atoms with E-state index in [9.17, 15) is 0 Å². The van der Waals surface area contributed by atoms with Crippen LogP contribution in [0.4, 0.5) is 0 Å². The summed E-state index contributed by atoms with van der Waals surface area (Å²) in [4.78, 5) is 0. The highest BCUT2D eigenvalue weighted by Gasteiger charge is 2.03. The van der Waals surface area contributed by atoms with Crippen molar-refractivity contribution in [1.82, 2.24) is 15.1 Å². The van der Waals surface area contributed by atoms with E-state index >= 15 is 0 Å². The van der Waals surface area contributed by atoms with Gasteiger partial charge in [0.1, 0.15) is 0 Å². The number of hydrogen-bond acceptors (Lipinski definition) is 2. The van der Waals surface area contributed by atoms with Crippen molar-refractivity contribution in [3.05, 3.63) is 52.3 Å². The van der Waals surface area contributed by atoms with E-state index in [4.69, 9.17) is 0 Å². The van der Waals surface area contributed by atoms with Crippen molar-refractivity contribution in [2.45, 2.75) is 33.0 Å². The fourth-order valence-electron chi connectivity index (χ4n) is 1.86. The molecule has 0 saturated carbocycles. The topological polar surface area (TPSA) is 29.9 Å². The van der Waals surface area contributed by atoms with Gasteiger partial charge >= 0.3 is 0 Å². The first-order valence-electron chi connectivity index (χ1n) is 6.11. The maximum atomic E-state index is 4.21. The van der Waals surface area contributed by atoms with E-state index in [1.54, 1.807) is 0 Å². The summed E-state index contributed by atoms with van der Waals surface area (Å²) in [5, 5.41) is 7.72. The molecule has 0 aliphatic rings. The molecule has 1 aromatic heterocycles. The second kappa shape index (κ2) is 6.16. The van der Waals surface area contributed by atoms with Crippen molar-refractivity contribution in [2.24, 2.45) is 0 Å². The van der Waals surface area contributed by atoms with Crippen molar-refractivity contribution in [1.29, 1.82) is 0 Å². The molecule has 4 heteroatoms. The van der Waals surface area contributed by atoms with Crippen molar-refractivity contribution >= 4 is 15.9 Å². The van der Waals surface area contributed by atoms with Crippen molar-refractivity contribution < 1.29 is 0 Å². The van der Waals surface area contributed by atoms with Gasteiger partial charge in [-0.25, -0.2) is 0 Å². The van der Waals surface area contributed by atoms with Crippen molar-refractivity contribution in [3.8, 4) is 0 Å². The smallest absolute Gasteiger partial charge is 0.0560 e. The Morgan fingerprint density at radius 3 is 2.94 bits per heavy atom. The van der Waals surface area contributed by atoms with Gasteiger partial charge < -0.3 is 5.32 Å². The molecule has 3 nitrogen and oxygen atoms in total. The molecular formula is C14H18BrN3. The van der Waals surface area contributed by atoms with Gasteiger partial charge in [0, 0.05) is 29.5 Å². The fourth-order valence-corrected chi connectivity index (χ4v) is 2.11. The third-order valence-corrected chi connectivity index (χ3v) is 3.79. The van der Waals surface area contributed by atoms with Crippen LogP contribution >= 0.6 is 15.9 Å². The first-order valence-corrected chi connectivity index (χ1v) is 6.90. The SMILES string of the molecule is Cc1cc(CNC(C)Cn2cccn2)ccc1Br. The number of halogens is 1. The quantitative estimate of drug-likeness (QED) is 0.919. The number of aromatic nitrogens is 2. The van der Waals surface area contributed by atoms with E-state index in [1.807, 2.05) is 23.1 Å². The van der Waals surface area contributed by atoms with Gasteiger partial charge in [0.25, 0.3) is 0 Å². The predicted octanol–water partition coefficient (Wildman–Crippen LogP) is 3.13. The number of benzene rings is 1. The Hall–Kier alpha value is -1.13. The summed E-state index contributed by atoms with van der Waals surface area (Å²) >= 11 is 3.52. The Labute approximate surface area is 116 Å². The summed E-state index contributed by atoms with van der Waals surface area (Å²) in [7, 11) is 0. The summed E-state index contributed by atoms with van der Waals surface area (Å²) in [6.45, 7) is 6.06. The molecule has 0 amide bonds. The zero-order valence-electron chi connectivity index (χ0n) is 10.7. The third kappa shape index (κ3) is 3.68. The van der Waals surface area contributed by atoms with Gasteiger partial charge in [-0.2, -0.15) is 5.10 Å². The van der Waals surface area contributed by atoms with Crippen LogP contribution in [0.3, 0.4) is 0 Å². The molecule has 0 aliphatic carbocycles. The lowest BCUT2D eigenvalue weighted by atomic mass is 10.1. The summed E-state index contributed by atoms with van der Waals surface area (Å²) in [5.74, 6) is 0. The van der Waals surface area contributed by atoms with Crippen LogP contribution in [-0.2, 0) is 13.1 Å². The van der Waals surface area contributed by atoms with E-state index in [0.717, 1.165) is 17.6 Å². The molecule has 2 aromatic rings. The zero-order valence-corrected chi connectivity index (χ0v) is 12.3. The summed E-state index contributed by atoms with van der Waals surface area (Å²) in [5.41, 5.74) is 2.58. The van der Waals surface area contributed by atoms with Gasteiger partial charge in [0.2, 0.25) is 0 Å². The molecule has 1 atom stereocenters. The Kier molecular flexibility index (Phi) is 4.55. The molecule has 0 fully saturated rings. The molecule has 0 saturated heterocycles. The fraction of sp³-hybridized carbons (Fsp3) is 0.357. The second-order valence-electron chi connectivity index (χ2n) is 4.59. The van der Waals surface area contributed by atoms with Crippen LogP contribution < -0.4 is 5.32 Å². The van der Waals surface area contributed by atoms with Crippen LogP contribution in [0.5, 0.6) is 0 Å². The van der Waals surface area contributed by atoms with Gasteiger partial charge in [-0.05, 0) is 37.1 Å². The lowest BCUT2D eigenvalue weighted by molar-refractivity contribution is 0.451. The zero-order chi connectivity index (χ0) is 13.0. The maximum absolute atomic E-state index is 4.21. The highest BCUT2D eigenvalue weighted by molar-refractivity contribution is 9.10. The van der Waals surface area contributed by atoms with E-state index in [1.165, 1.54) is 11.1 Å². The number of nitrogens with one attached hydrogen (secondary N) is 1. The van der Waals surface area contributed by atoms with Crippen LogP contribution in [-0.4, -0.2) is 15.8 Å². The molecule has 0 bridgehead atoms. The van der Waals surface area contributed by atoms with Gasteiger partial charge in [0.15, 0.2) is 0 Å². The van der Waals surface area contributed by atoms with Crippen LogP contribution in [0, 0.1) is 6.92 Å². The molecule has 1 heterocycles. The summed E-state index contributed by atoms with van der Waals surface area (Å²) in [6.07, 6.45) is 3.80. The molecule has 0 radical (unpaired) electrons. The molecule has 18 heavy (non-hydrogen) atoms. The highest BCUT2D eigenvalue weighted by atomic mass is 79.9. The van der Waals surface area contributed by atoms with E-state index in [0.29, 0.717) is 6.04 Å². The Morgan fingerprint density at radius 1 is 1.44 bits per heavy atom. The average molecular weight is 308 g/mol. The Bertz CT molecular complexity index is 494. The molecule has 2 rings (SSSR count). The van der Waals surface area contributed by atoms with Crippen LogP contribution in [0.1, 0.15) is 18.1 Å². The Balaban J connectivity index is 1.85. The van der Waals surface area contributed by atoms with Gasteiger partial charge in [-0.3, -0.25) is 4.68 Å². The number of nitrogens with zero attached hydrogens (tertiary/aromatic N) is 2. The van der Waals surface area contributed by atoms with Crippen molar-refractivity contribution in [2.75, 3.05) is 0 Å². The van der Waals surface area contributed by atoms with Gasteiger partial charge in [0.05, 0.1) is 6.54 Å². The maximum Gasteiger partial charge on any atom is 0.0560 e. The van der Waals surface area contributed by atoms with Gasteiger partial charge in [-0.1, -0.05) is 28.1 Å². The standard InChI is InChI=1S/C14H18BrN3/c1-11-8-13(4-5-14(11)15)9-16-12(2)10-18-7-3-6-17-18/h3-8,12,16H,9-10H2,1-2H3. The molecule has 1 aromatic carbocycles. The predicted molar refractivity (Wildman–Crippen MR) is 77.4 cm³/mol. The third-order valence-electron chi connectivity index (χ3n) is 2.90. The minimum atomic E-state index is 0.397. The van der Waals surface area contributed by atoms with E-state index in [-0.39, 0.29) is 0 Å². The lowest BCUT2D eigenvalue weighted by Crippen LogP contribution is -2.30. The average Bonchev–Trinajstić information content (AvgIpc) is 2.83. The molecule has 0 aliphatic heterocycles. The first kappa shape index (κ1) is 13.3. The monoisotopic (exact) mass is 307 g/mol. The van der Waals surface area contributed by atoms with Crippen LogP contribution in [0.15, 0.2) is 41.1 Å². The number of rotatable bonds is 5. The van der Waals surface area contributed by atoms with Crippen LogP contribution in [0.25, 0.3) is 0 Å².